The Hall–Kier alpha value is -2.97. The number of hydrogen-bond donors (Lipinski definition) is 4. The van der Waals surface area contributed by atoms with Gasteiger partial charge in [-0.2, -0.15) is 0 Å². The number of nitrogens with one attached hydrogen (secondary N) is 2. The number of amides is 1. The minimum absolute atomic E-state index is 0.0235. The molecule has 6 atom stereocenters. The van der Waals surface area contributed by atoms with E-state index in [1.165, 1.54) is 51.7 Å². The molecular weight excluding hydrogens is 1070 g/mol. The van der Waals surface area contributed by atoms with Crippen molar-refractivity contribution in [1.29, 1.82) is 0 Å². The molecule has 0 aromatic carbocycles. The van der Waals surface area contributed by atoms with Crippen LogP contribution >= 0.6 is 8.53 Å². The summed E-state index contributed by atoms with van der Waals surface area (Å²) in [5, 5.41) is 5.34. The van der Waals surface area contributed by atoms with Crippen LogP contribution in [0.3, 0.4) is 0 Å². The number of nitrogen functional groups attached to an aromatic ring is 1. The van der Waals surface area contributed by atoms with Gasteiger partial charge >= 0.3 is 27.1 Å². The summed E-state index contributed by atoms with van der Waals surface area (Å²) in [5.41, 5.74) is 6.79. The summed E-state index contributed by atoms with van der Waals surface area (Å²) in [6.07, 6.45) is 7.11. The second-order valence-corrected chi connectivity index (χ2v) is 34.9. The normalized spacial score (nSPS) is 20.6. The number of Topliss-reactive ketones (excluding diaryl/α,β-unsaturated/α-hetero) is 1. The highest BCUT2D eigenvalue weighted by Gasteiger charge is 2.57. The van der Waals surface area contributed by atoms with Gasteiger partial charge in [0.1, 0.15) is 36.6 Å². The molecule has 1 aliphatic heterocycles. The highest BCUT2D eigenvalue weighted by molar-refractivity contribution is 7.43. The second kappa shape index (κ2) is 32.5. The average Bonchev–Trinajstić information content (AvgIpc) is 3.90. The molecule has 2 aromatic heterocycles. The second-order valence-electron chi connectivity index (χ2n) is 22.4. The first-order valence-electron chi connectivity index (χ1n) is 27.3. The Morgan fingerprint density at radius 2 is 1.45 bits per heavy atom. The highest BCUT2D eigenvalue weighted by atomic mass is 31.2. The SMILES string of the molecule is CC(=O)CC(OCCOCCNC(=O)O[C@@H]1[C@H](OP(O)NOCN(C(C)C)C(C)C)[C@@H](CO[Si](OC2CCCCCCCCCCC2)(O[Si](C)(C)C)O[Si](C)(C)C)O[C@H]1n1cnc2c(N)ncnc21)C(=O)OC(=O)C(C)C. The molecule has 28 heteroatoms. The standard InChI is InChI=1S/C49H91N8O16PSi3/c1-34(2)47(59)69-48(60)39(29-37(7)58)64-28-27-63-26-25-51-49(61)68-43-42(70-74(62)55-65-33-57(35(3)4)36(5)6)40(67-46(43)56-32-54-41-44(50)52-31-53-45(41)56)30-66-77(72-75(8,9)10,73-76(11,12)13)71-38-23-21-19-17-15-14-16-18-20-22-24-38/h31-32,34-36,38-40,42-43,46,55,62H,14-30,33H2,1-13H3,(H,51,61)(H2,50,52,53)/t39?,40-,42-,43-,46-,74?/m1/s1. The number of imidazole rings is 1. The first-order chi connectivity index (χ1) is 36.3. The molecule has 24 nitrogen and oxygen atoms in total. The molecule has 0 radical (unpaired) electrons. The van der Waals surface area contributed by atoms with Gasteiger partial charge in [0.25, 0.3) is 8.53 Å². The molecule has 0 spiro atoms. The molecule has 2 unspecified atom stereocenters. The molecule has 4 rings (SSSR count). The predicted octanol–water partition coefficient (Wildman–Crippen LogP) is 7.55. The third-order valence-corrected chi connectivity index (χ3v) is 21.0. The Morgan fingerprint density at radius 3 is 2.03 bits per heavy atom. The fourth-order valence-electron chi connectivity index (χ4n) is 8.60. The maximum absolute atomic E-state index is 13.9. The summed E-state index contributed by atoms with van der Waals surface area (Å²) in [7, 11) is -11.6. The van der Waals surface area contributed by atoms with E-state index in [-0.39, 0.29) is 87.1 Å². The average molecular weight is 1160 g/mol. The minimum atomic E-state index is -4.06. The zero-order chi connectivity index (χ0) is 56.9. The van der Waals surface area contributed by atoms with Crippen molar-refractivity contribution in [2.75, 3.05) is 45.4 Å². The summed E-state index contributed by atoms with van der Waals surface area (Å²) in [6, 6.07) is 0.256. The molecule has 0 bridgehead atoms. The third kappa shape index (κ3) is 23.6. The lowest BCUT2D eigenvalue weighted by Gasteiger charge is -2.40. The van der Waals surface area contributed by atoms with E-state index in [1.807, 2.05) is 27.7 Å². The molecule has 1 saturated heterocycles. The first kappa shape index (κ1) is 66.5. The van der Waals surface area contributed by atoms with Gasteiger partial charge in [0.05, 0.1) is 44.8 Å². The maximum atomic E-state index is 13.9. The van der Waals surface area contributed by atoms with E-state index in [2.05, 4.69) is 69.7 Å². The van der Waals surface area contributed by atoms with Gasteiger partial charge in [-0.25, -0.2) is 24.5 Å². The van der Waals surface area contributed by atoms with E-state index in [0.717, 1.165) is 38.5 Å². The van der Waals surface area contributed by atoms with Crippen LogP contribution in [0.1, 0.15) is 132 Å². The Kier molecular flexibility index (Phi) is 28.1. The van der Waals surface area contributed by atoms with Gasteiger partial charge in [0.15, 0.2) is 46.5 Å². The van der Waals surface area contributed by atoms with Crippen molar-refractivity contribution in [3.63, 3.8) is 0 Å². The van der Waals surface area contributed by atoms with Crippen LogP contribution in [0, 0.1) is 5.92 Å². The van der Waals surface area contributed by atoms with E-state index in [1.54, 1.807) is 18.4 Å². The van der Waals surface area contributed by atoms with E-state index >= 15 is 0 Å². The van der Waals surface area contributed by atoms with Crippen molar-refractivity contribution in [1.82, 2.24) is 35.0 Å². The molecule has 2 aliphatic rings. The van der Waals surface area contributed by atoms with Crippen LogP contribution in [-0.4, -0.2) is 161 Å². The van der Waals surface area contributed by atoms with Crippen LogP contribution in [0.5, 0.6) is 0 Å². The van der Waals surface area contributed by atoms with Gasteiger partial charge < -0.3 is 61.2 Å². The van der Waals surface area contributed by atoms with Crippen molar-refractivity contribution in [3.8, 4) is 0 Å². The van der Waals surface area contributed by atoms with Gasteiger partial charge in [0, 0.05) is 25.0 Å². The fraction of sp³-hybridized carbons (Fsp3) is 0.816. The topological polar surface area (TPSA) is 287 Å². The first-order valence-corrected chi connectivity index (χ1v) is 36.9. The van der Waals surface area contributed by atoms with E-state index in [9.17, 15) is 24.1 Å². The number of rotatable bonds is 30. The number of anilines is 1. The molecule has 1 saturated carbocycles. The number of ketones is 1. The molecule has 2 aromatic rings. The lowest BCUT2D eigenvalue weighted by Crippen LogP contribution is -2.61. The number of aromatic nitrogens is 4. The van der Waals surface area contributed by atoms with Gasteiger partial charge in [-0.3, -0.25) is 23.9 Å². The molecular formula is C49H91N8O16PSi3. The minimum Gasteiger partial charge on any atom is -0.438 e. The number of carbonyl (C=O) groups is 4. The Morgan fingerprint density at radius 1 is 0.844 bits per heavy atom. The number of ether oxygens (including phenoxy) is 5. The Labute approximate surface area is 460 Å². The lowest BCUT2D eigenvalue weighted by molar-refractivity contribution is -0.171. The zero-order valence-corrected chi connectivity index (χ0v) is 51.8. The Balaban J connectivity index is 1.65. The van der Waals surface area contributed by atoms with Gasteiger partial charge in [-0.05, 0) is 86.7 Å². The van der Waals surface area contributed by atoms with Crippen molar-refractivity contribution < 1.29 is 74.2 Å². The number of nitrogens with zero attached hydrogens (tertiary/aromatic N) is 5. The number of alkyl carbamates (subject to hydrolysis) is 1. The van der Waals surface area contributed by atoms with E-state index in [0.29, 0.717) is 0 Å². The summed E-state index contributed by atoms with van der Waals surface area (Å²) in [4.78, 5) is 82.9. The van der Waals surface area contributed by atoms with Crippen LogP contribution in [0.4, 0.5) is 10.6 Å². The molecule has 77 heavy (non-hydrogen) atoms. The van der Waals surface area contributed by atoms with Crippen LogP contribution in [0.15, 0.2) is 12.7 Å². The maximum Gasteiger partial charge on any atom is 0.658 e. The lowest BCUT2D eigenvalue weighted by atomic mass is 10.00. The summed E-state index contributed by atoms with van der Waals surface area (Å²) in [6.45, 7) is 24.6. The largest absolute Gasteiger partial charge is 0.658 e. The summed E-state index contributed by atoms with van der Waals surface area (Å²) in [5.74, 6) is -2.48. The number of fused-ring (bicyclic) bond motifs is 1. The van der Waals surface area contributed by atoms with E-state index < -0.39 is 88.8 Å². The van der Waals surface area contributed by atoms with Crippen LogP contribution in [0.25, 0.3) is 11.2 Å². The molecule has 1 aliphatic carbocycles. The molecule has 3 heterocycles. The van der Waals surface area contributed by atoms with Crippen LogP contribution in [0.2, 0.25) is 39.3 Å². The highest BCUT2D eigenvalue weighted by Crippen LogP contribution is 2.42. The molecule has 1 amide bonds. The summed E-state index contributed by atoms with van der Waals surface area (Å²) < 4.78 is 65.4. The zero-order valence-electron chi connectivity index (χ0n) is 47.9. The monoisotopic (exact) mass is 1160 g/mol. The van der Waals surface area contributed by atoms with Crippen LogP contribution < -0.4 is 16.3 Å². The molecule has 2 fully saturated rings. The van der Waals surface area contributed by atoms with Crippen molar-refractivity contribution >= 4 is 75.0 Å². The summed E-state index contributed by atoms with van der Waals surface area (Å²) >= 11 is 0. The number of hydrogen-bond acceptors (Lipinski definition) is 22. The molecule has 5 N–H and O–H groups in total. The third-order valence-electron chi connectivity index (χ3n) is 12.2. The smallest absolute Gasteiger partial charge is 0.438 e. The van der Waals surface area contributed by atoms with Gasteiger partial charge in [-0.15, -0.1) is 5.25 Å². The fourth-order valence-corrected chi connectivity index (χ4v) is 17.8. The van der Waals surface area contributed by atoms with E-state index in [4.69, 9.17) is 55.9 Å². The predicted molar refractivity (Wildman–Crippen MR) is 295 cm³/mol. The van der Waals surface area contributed by atoms with Crippen molar-refractivity contribution in [3.05, 3.63) is 12.7 Å². The Bertz CT molecular complexity index is 2090. The van der Waals surface area contributed by atoms with Crippen molar-refractivity contribution in [2.45, 2.75) is 214 Å². The van der Waals surface area contributed by atoms with Gasteiger partial charge in [-0.1, -0.05) is 71.6 Å². The number of nitrogens with two attached hydrogens (primary N) is 1. The number of esters is 2. The van der Waals surface area contributed by atoms with Crippen LogP contribution in [-0.2, 0) is 64.5 Å². The van der Waals surface area contributed by atoms with Gasteiger partial charge in [0.2, 0.25) is 0 Å². The number of carbonyl (C=O) groups excluding carboxylic acids is 4. The van der Waals surface area contributed by atoms with Crippen molar-refractivity contribution in [2.24, 2.45) is 5.92 Å². The quantitative estimate of drug-likeness (QED) is 0.0112. The molecule has 440 valence electrons.